The lowest BCUT2D eigenvalue weighted by atomic mass is 10.2. The first-order valence-electron chi connectivity index (χ1n) is 8.08. The van der Waals surface area contributed by atoms with Gasteiger partial charge in [0.15, 0.2) is 11.6 Å². The van der Waals surface area contributed by atoms with Gasteiger partial charge in [-0.15, -0.1) is 0 Å². The summed E-state index contributed by atoms with van der Waals surface area (Å²) < 4.78 is 35.5. The Morgan fingerprint density at radius 3 is 2.50 bits per heavy atom. The van der Waals surface area contributed by atoms with E-state index in [-0.39, 0.29) is 11.5 Å². The maximum Gasteiger partial charge on any atom is 0.264 e. The minimum Gasteiger partial charge on any atom is -0.507 e. The third kappa shape index (κ3) is 2.88. The van der Waals surface area contributed by atoms with Crippen molar-refractivity contribution in [3.8, 4) is 17.2 Å². The number of halogens is 2. The first-order chi connectivity index (χ1) is 12.6. The zero-order chi connectivity index (χ0) is 18.1. The zero-order valence-corrected chi connectivity index (χ0v) is 13.6. The second kappa shape index (κ2) is 6.52. The first-order valence-corrected chi connectivity index (χ1v) is 8.08. The summed E-state index contributed by atoms with van der Waals surface area (Å²) in [5, 5.41) is 10.6. The monoisotopic (exact) mass is 351 g/mol. The summed E-state index contributed by atoms with van der Waals surface area (Å²) >= 11 is 0. The van der Waals surface area contributed by atoms with Crippen molar-refractivity contribution in [1.82, 2.24) is 4.57 Å². The Balaban J connectivity index is 1.64. The van der Waals surface area contributed by atoms with Crippen molar-refractivity contribution in [2.45, 2.75) is 6.36 Å². The smallest absolute Gasteiger partial charge is 0.264 e. The van der Waals surface area contributed by atoms with Crippen molar-refractivity contribution in [3.05, 3.63) is 90.4 Å². The van der Waals surface area contributed by atoms with Crippen LogP contribution in [0.3, 0.4) is 0 Å². The number of aromatic nitrogens is 1. The number of hydrogen-bond acceptors (Lipinski definition) is 2. The molecule has 1 aromatic heterocycles. The molecule has 0 aliphatic carbocycles. The highest BCUT2D eigenvalue weighted by Gasteiger charge is 2.15. The molecule has 3 aromatic carbocycles. The zero-order valence-electron chi connectivity index (χ0n) is 13.6. The molecule has 0 amide bonds. The average Bonchev–Trinajstić information content (AvgIpc) is 3.09. The van der Waals surface area contributed by atoms with Gasteiger partial charge in [0.25, 0.3) is 6.36 Å². The van der Waals surface area contributed by atoms with Crippen LogP contribution in [-0.2, 0) is 0 Å². The Labute approximate surface area is 148 Å². The molecule has 0 bridgehead atoms. The highest BCUT2D eigenvalue weighted by atomic mass is 19.1. The summed E-state index contributed by atoms with van der Waals surface area (Å²) in [6.07, 6.45) is -0.0114. The minimum absolute atomic E-state index is 0.157. The number of aromatic hydroxyl groups is 1. The third-order valence-electron chi connectivity index (χ3n) is 4.20. The van der Waals surface area contributed by atoms with Crippen molar-refractivity contribution < 1.29 is 18.6 Å². The summed E-state index contributed by atoms with van der Waals surface area (Å²) in [5.74, 6) is -0.669. The molecule has 4 rings (SSSR count). The second-order valence-electron chi connectivity index (χ2n) is 5.85. The molecule has 0 aliphatic heterocycles. The highest BCUT2D eigenvalue weighted by molar-refractivity contribution is 5.87. The van der Waals surface area contributed by atoms with E-state index in [9.17, 15) is 13.9 Å². The Morgan fingerprint density at radius 1 is 0.923 bits per heavy atom. The van der Waals surface area contributed by atoms with Gasteiger partial charge in [-0.25, -0.2) is 4.39 Å². The van der Waals surface area contributed by atoms with Crippen molar-refractivity contribution in [3.63, 3.8) is 0 Å². The maximum atomic E-state index is 14.4. The molecule has 0 fully saturated rings. The standard InChI is InChI=1S/C21H15F2NO2/c22-17-13-15(24-12-11-16-18(24)7-4-8-19(16)25)9-10-20(17)26-21(23)14-5-2-1-3-6-14/h1-13,21,25H. The number of nitrogens with zero attached hydrogens (tertiary/aromatic N) is 1. The fourth-order valence-electron chi connectivity index (χ4n) is 2.90. The van der Waals surface area contributed by atoms with E-state index in [1.165, 1.54) is 12.1 Å². The van der Waals surface area contributed by atoms with E-state index in [0.717, 1.165) is 5.52 Å². The van der Waals surface area contributed by atoms with Crippen LogP contribution in [0.1, 0.15) is 11.9 Å². The van der Waals surface area contributed by atoms with E-state index < -0.39 is 12.2 Å². The molecular weight excluding hydrogens is 336 g/mol. The molecule has 0 spiro atoms. The number of ether oxygens (including phenoxy) is 1. The normalized spacial score (nSPS) is 12.2. The van der Waals surface area contributed by atoms with E-state index in [0.29, 0.717) is 16.6 Å². The molecule has 1 atom stereocenters. The molecule has 26 heavy (non-hydrogen) atoms. The van der Waals surface area contributed by atoms with Gasteiger partial charge in [-0.2, -0.15) is 4.39 Å². The van der Waals surface area contributed by atoms with Gasteiger partial charge in [0, 0.05) is 28.9 Å². The van der Waals surface area contributed by atoms with Gasteiger partial charge in [-0.1, -0.05) is 36.4 Å². The molecule has 1 N–H and O–H groups in total. The number of phenols is 1. The van der Waals surface area contributed by atoms with E-state index in [1.807, 2.05) is 6.07 Å². The van der Waals surface area contributed by atoms with Crippen LogP contribution >= 0.6 is 0 Å². The number of fused-ring (bicyclic) bond motifs is 1. The maximum absolute atomic E-state index is 14.4. The lowest BCUT2D eigenvalue weighted by Crippen LogP contribution is -2.03. The van der Waals surface area contributed by atoms with E-state index in [1.54, 1.807) is 65.4 Å². The lowest BCUT2D eigenvalue weighted by Gasteiger charge is -2.13. The van der Waals surface area contributed by atoms with Crippen LogP contribution in [0.4, 0.5) is 8.78 Å². The van der Waals surface area contributed by atoms with Crippen molar-refractivity contribution >= 4 is 10.9 Å². The van der Waals surface area contributed by atoms with Crippen molar-refractivity contribution in [1.29, 1.82) is 0 Å². The Kier molecular flexibility index (Phi) is 4.05. The minimum atomic E-state index is -1.75. The second-order valence-corrected chi connectivity index (χ2v) is 5.85. The van der Waals surface area contributed by atoms with E-state index >= 15 is 0 Å². The third-order valence-corrected chi connectivity index (χ3v) is 4.20. The van der Waals surface area contributed by atoms with Gasteiger partial charge < -0.3 is 14.4 Å². The molecule has 130 valence electrons. The van der Waals surface area contributed by atoms with Crippen LogP contribution in [0.25, 0.3) is 16.6 Å². The fraction of sp³-hybridized carbons (Fsp3) is 0.0476. The van der Waals surface area contributed by atoms with Crippen LogP contribution in [0.15, 0.2) is 79.0 Å². The van der Waals surface area contributed by atoms with E-state index in [4.69, 9.17) is 4.74 Å². The fourth-order valence-corrected chi connectivity index (χ4v) is 2.90. The van der Waals surface area contributed by atoms with Gasteiger partial charge in [-0.05, 0) is 30.3 Å². The van der Waals surface area contributed by atoms with Crippen LogP contribution < -0.4 is 4.74 Å². The topological polar surface area (TPSA) is 34.4 Å². The number of alkyl halides is 1. The van der Waals surface area contributed by atoms with Gasteiger partial charge in [0.05, 0.1) is 5.52 Å². The number of rotatable bonds is 4. The predicted molar refractivity (Wildman–Crippen MR) is 95.8 cm³/mol. The first kappa shape index (κ1) is 16.1. The largest absolute Gasteiger partial charge is 0.507 e. The SMILES string of the molecule is Oc1cccc2c1ccn2-c1ccc(OC(F)c2ccccc2)c(F)c1. The lowest BCUT2D eigenvalue weighted by molar-refractivity contribution is 0.0628. The Bertz CT molecular complexity index is 1060. The molecule has 0 saturated heterocycles. The van der Waals surface area contributed by atoms with Crippen molar-refractivity contribution in [2.75, 3.05) is 0 Å². The molecule has 4 aromatic rings. The summed E-state index contributed by atoms with van der Waals surface area (Å²) in [6.45, 7) is 0. The van der Waals surface area contributed by atoms with Crippen LogP contribution in [0.2, 0.25) is 0 Å². The molecule has 5 heteroatoms. The molecular formula is C21H15F2NO2. The van der Waals surface area contributed by atoms with Gasteiger partial charge in [-0.3, -0.25) is 0 Å². The highest BCUT2D eigenvalue weighted by Crippen LogP contribution is 2.30. The van der Waals surface area contributed by atoms with Gasteiger partial charge in [0.1, 0.15) is 5.75 Å². The molecule has 1 heterocycles. The Hall–Kier alpha value is -3.34. The van der Waals surface area contributed by atoms with E-state index in [2.05, 4.69) is 0 Å². The molecule has 1 unspecified atom stereocenters. The quantitative estimate of drug-likeness (QED) is 0.525. The summed E-state index contributed by atoms with van der Waals surface area (Å²) in [5.41, 5.74) is 1.61. The van der Waals surface area contributed by atoms with Gasteiger partial charge in [0.2, 0.25) is 0 Å². The molecule has 0 aliphatic rings. The predicted octanol–water partition coefficient (Wildman–Crippen LogP) is 5.52. The van der Waals surface area contributed by atoms with Crippen LogP contribution in [-0.4, -0.2) is 9.67 Å². The van der Waals surface area contributed by atoms with Crippen LogP contribution in [0.5, 0.6) is 11.5 Å². The average molecular weight is 351 g/mol. The molecule has 0 saturated carbocycles. The molecule has 3 nitrogen and oxygen atoms in total. The summed E-state index contributed by atoms with van der Waals surface area (Å²) in [4.78, 5) is 0. The summed E-state index contributed by atoms with van der Waals surface area (Å²) in [7, 11) is 0. The number of hydrogen-bond donors (Lipinski definition) is 1. The number of phenolic OH excluding ortho intramolecular Hbond substituents is 1. The summed E-state index contributed by atoms with van der Waals surface area (Å²) in [6, 6.07) is 19.5. The van der Waals surface area contributed by atoms with Gasteiger partial charge >= 0.3 is 0 Å². The number of benzene rings is 3. The van der Waals surface area contributed by atoms with Crippen LogP contribution in [0, 0.1) is 5.82 Å². The van der Waals surface area contributed by atoms with Crippen molar-refractivity contribution in [2.24, 2.45) is 0 Å². The molecule has 0 radical (unpaired) electrons. The Morgan fingerprint density at radius 2 is 1.73 bits per heavy atom.